The molecule has 8 heteroatoms. The van der Waals surface area contributed by atoms with E-state index in [1.165, 1.54) is 11.8 Å². The minimum absolute atomic E-state index is 0.0429. The molecule has 0 radical (unpaired) electrons. The molecule has 0 unspecified atom stereocenters. The van der Waals surface area contributed by atoms with E-state index in [1.807, 2.05) is 55.5 Å². The molecule has 1 aromatic heterocycles. The van der Waals surface area contributed by atoms with Crippen molar-refractivity contribution < 1.29 is 4.79 Å². The number of anilines is 1. The fourth-order valence-electron chi connectivity index (χ4n) is 2.24. The van der Waals surface area contributed by atoms with Gasteiger partial charge in [0.05, 0.1) is 12.2 Å². The van der Waals surface area contributed by atoms with Crippen molar-refractivity contribution in [3.05, 3.63) is 64.4 Å². The minimum Gasteiger partial charge on any atom is -0.325 e. The predicted molar refractivity (Wildman–Crippen MR) is 105 cm³/mol. The third-order valence-corrected chi connectivity index (χ3v) is 5.01. The van der Waals surface area contributed by atoms with Gasteiger partial charge in [0.25, 0.3) is 0 Å². The summed E-state index contributed by atoms with van der Waals surface area (Å²) >= 11 is 13.4. The largest absolute Gasteiger partial charge is 0.325 e. The van der Waals surface area contributed by atoms with Crippen LogP contribution in [0.3, 0.4) is 0 Å². The number of carbonyl (C=O) groups is 1. The van der Waals surface area contributed by atoms with Crippen molar-refractivity contribution in [1.82, 2.24) is 14.8 Å². The molecule has 3 rings (SSSR count). The van der Waals surface area contributed by atoms with Crippen molar-refractivity contribution in [2.24, 2.45) is 0 Å². The van der Waals surface area contributed by atoms with Gasteiger partial charge in [0.2, 0.25) is 11.2 Å². The zero-order valence-corrected chi connectivity index (χ0v) is 16.3. The van der Waals surface area contributed by atoms with Crippen LogP contribution in [0.1, 0.15) is 18.9 Å². The molecule has 1 amide bonds. The summed E-state index contributed by atoms with van der Waals surface area (Å²) in [5.41, 5.74) is 1.77. The number of rotatable bonds is 6. The summed E-state index contributed by atoms with van der Waals surface area (Å²) in [7, 11) is 0. The average Bonchev–Trinajstić information content (AvgIpc) is 2.97. The van der Waals surface area contributed by atoms with Crippen molar-refractivity contribution in [2.45, 2.75) is 29.9 Å². The quantitative estimate of drug-likeness (QED) is 0.615. The molecule has 0 fully saturated rings. The first-order valence-corrected chi connectivity index (χ1v) is 9.54. The first-order chi connectivity index (χ1) is 12.5. The van der Waals surface area contributed by atoms with Crippen LogP contribution in [0.4, 0.5) is 5.69 Å². The fourth-order valence-corrected chi connectivity index (χ4v) is 3.50. The van der Waals surface area contributed by atoms with Gasteiger partial charge in [-0.1, -0.05) is 42.8 Å². The Balaban J connectivity index is 1.85. The number of amides is 1. The van der Waals surface area contributed by atoms with E-state index in [-0.39, 0.29) is 11.2 Å². The SMILES string of the molecule is CCC(=O)Nc1ccccc1Sc1nc(Cl)nn1Cc1ccc(Cl)cc1. The number of carbonyl (C=O) groups excluding carboxylic acids is 1. The van der Waals surface area contributed by atoms with Gasteiger partial charge in [0, 0.05) is 16.3 Å². The van der Waals surface area contributed by atoms with Gasteiger partial charge in [0.15, 0.2) is 5.16 Å². The monoisotopic (exact) mass is 406 g/mol. The third-order valence-electron chi connectivity index (χ3n) is 3.54. The van der Waals surface area contributed by atoms with Crippen molar-refractivity contribution in [3.8, 4) is 0 Å². The number of aromatic nitrogens is 3. The predicted octanol–water partition coefficient (Wildman–Crippen LogP) is 5.13. The van der Waals surface area contributed by atoms with Crippen molar-refractivity contribution in [2.75, 3.05) is 5.32 Å². The Kier molecular flexibility index (Phi) is 6.19. The standard InChI is InChI=1S/C18H16Cl2N4OS/c1-2-16(25)21-14-5-3-4-6-15(14)26-18-22-17(20)23-24(18)11-12-7-9-13(19)10-8-12/h3-10H,2,11H2,1H3,(H,21,25). The molecule has 1 N–H and O–H groups in total. The van der Waals surface area contributed by atoms with Crippen LogP contribution >= 0.6 is 35.0 Å². The highest BCUT2D eigenvalue weighted by Crippen LogP contribution is 2.33. The highest BCUT2D eigenvalue weighted by atomic mass is 35.5. The maximum Gasteiger partial charge on any atom is 0.243 e. The van der Waals surface area contributed by atoms with Gasteiger partial charge in [-0.3, -0.25) is 4.79 Å². The lowest BCUT2D eigenvalue weighted by Crippen LogP contribution is -2.10. The molecule has 0 aliphatic rings. The number of hydrogen-bond acceptors (Lipinski definition) is 4. The number of nitrogens with zero attached hydrogens (tertiary/aromatic N) is 3. The van der Waals surface area contributed by atoms with Crippen LogP contribution in [-0.4, -0.2) is 20.7 Å². The minimum atomic E-state index is -0.0429. The van der Waals surface area contributed by atoms with Crippen LogP contribution < -0.4 is 5.32 Å². The van der Waals surface area contributed by atoms with Crippen LogP contribution in [0.25, 0.3) is 0 Å². The Bertz CT molecular complexity index is 912. The third kappa shape index (κ3) is 4.78. The molecule has 26 heavy (non-hydrogen) atoms. The normalized spacial score (nSPS) is 10.7. The summed E-state index contributed by atoms with van der Waals surface area (Å²) in [6.45, 7) is 2.33. The van der Waals surface area contributed by atoms with E-state index in [4.69, 9.17) is 23.2 Å². The van der Waals surface area contributed by atoms with Gasteiger partial charge in [-0.25, -0.2) is 4.68 Å². The molecule has 0 saturated carbocycles. The number of halogens is 2. The van der Waals surface area contributed by atoms with Crippen molar-refractivity contribution >= 4 is 46.6 Å². The molecule has 5 nitrogen and oxygen atoms in total. The molecular weight excluding hydrogens is 391 g/mol. The first kappa shape index (κ1) is 18.8. The van der Waals surface area contributed by atoms with Crippen LogP contribution in [-0.2, 0) is 11.3 Å². The van der Waals surface area contributed by atoms with Gasteiger partial charge >= 0.3 is 0 Å². The number of nitrogens with one attached hydrogen (secondary N) is 1. The lowest BCUT2D eigenvalue weighted by molar-refractivity contribution is -0.115. The van der Waals surface area contributed by atoms with Gasteiger partial charge in [-0.2, -0.15) is 4.98 Å². The lowest BCUT2D eigenvalue weighted by atomic mass is 10.2. The van der Waals surface area contributed by atoms with Crippen LogP contribution in [0.2, 0.25) is 10.3 Å². The van der Waals surface area contributed by atoms with E-state index >= 15 is 0 Å². The van der Waals surface area contributed by atoms with Gasteiger partial charge in [-0.15, -0.1) is 5.10 Å². The smallest absolute Gasteiger partial charge is 0.243 e. The second-order valence-corrected chi connectivity index (χ2v) is 7.23. The molecule has 134 valence electrons. The summed E-state index contributed by atoms with van der Waals surface area (Å²) < 4.78 is 1.73. The Morgan fingerprint density at radius 1 is 1.15 bits per heavy atom. The number of hydrogen-bond donors (Lipinski definition) is 1. The Hall–Kier alpha value is -2.02. The molecule has 0 atom stereocenters. The second kappa shape index (κ2) is 8.58. The zero-order chi connectivity index (χ0) is 18.5. The summed E-state index contributed by atoms with van der Waals surface area (Å²) in [5.74, 6) is -0.0429. The first-order valence-electron chi connectivity index (χ1n) is 7.96. The van der Waals surface area contributed by atoms with E-state index in [0.29, 0.717) is 23.1 Å². The summed E-state index contributed by atoms with van der Waals surface area (Å²) in [5, 5.41) is 8.66. The van der Waals surface area contributed by atoms with E-state index in [0.717, 1.165) is 16.1 Å². The topological polar surface area (TPSA) is 59.8 Å². The molecule has 3 aromatic rings. The van der Waals surface area contributed by atoms with E-state index in [9.17, 15) is 4.79 Å². The van der Waals surface area contributed by atoms with Gasteiger partial charge in [-0.05, 0) is 53.2 Å². The number of para-hydroxylation sites is 1. The fraction of sp³-hybridized carbons (Fsp3) is 0.167. The van der Waals surface area contributed by atoms with Crippen LogP contribution in [0.15, 0.2) is 58.6 Å². The van der Waals surface area contributed by atoms with E-state index in [2.05, 4.69) is 15.4 Å². The maximum absolute atomic E-state index is 11.7. The average molecular weight is 407 g/mol. The van der Waals surface area contributed by atoms with Gasteiger partial charge in [0.1, 0.15) is 0 Å². The summed E-state index contributed by atoms with van der Waals surface area (Å²) in [6.07, 6.45) is 0.414. The molecule has 2 aromatic carbocycles. The molecule has 0 saturated heterocycles. The molecule has 0 aliphatic carbocycles. The number of benzene rings is 2. The summed E-state index contributed by atoms with van der Waals surface area (Å²) in [4.78, 5) is 16.9. The Labute approximate surface area is 165 Å². The van der Waals surface area contributed by atoms with Gasteiger partial charge < -0.3 is 5.32 Å². The lowest BCUT2D eigenvalue weighted by Gasteiger charge is -2.10. The maximum atomic E-state index is 11.7. The van der Waals surface area contributed by atoms with Crippen LogP contribution in [0.5, 0.6) is 0 Å². The Morgan fingerprint density at radius 3 is 2.62 bits per heavy atom. The molecule has 0 bridgehead atoms. The van der Waals surface area contributed by atoms with E-state index in [1.54, 1.807) is 4.68 Å². The highest BCUT2D eigenvalue weighted by Gasteiger charge is 2.14. The highest BCUT2D eigenvalue weighted by molar-refractivity contribution is 7.99. The molecule has 0 spiro atoms. The summed E-state index contributed by atoms with van der Waals surface area (Å²) in [6, 6.07) is 15.1. The van der Waals surface area contributed by atoms with E-state index < -0.39 is 0 Å². The molecule has 1 heterocycles. The Morgan fingerprint density at radius 2 is 1.88 bits per heavy atom. The van der Waals surface area contributed by atoms with Crippen molar-refractivity contribution in [1.29, 1.82) is 0 Å². The van der Waals surface area contributed by atoms with Crippen LogP contribution in [0, 0.1) is 0 Å². The van der Waals surface area contributed by atoms with Crippen molar-refractivity contribution in [3.63, 3.8) is 0 Å². The zero-order valence-electron chi connectivity index (χ0n) is 13.9. The molecule has 0 aliphatic heterocycles. The molecular formula is C18H16Cl2N4OS. The second-order valence-electron chi connectivity index (χ2n) is 5.45.